The fraction of sp³-hybridized carbons (Fsp3) is 0.688. The third-order valence-electron chi connectivity index (χ3n) is 5.77. The fourth-order valence-corrected chi connectivity index (χ4v) is 7.27. The summed E-state index contributed by atoms with van der Waals surface area (Å²) in [4.78, 5) is 14.9. The van der Waals surface area contributed by atoms with Gasteiger partial charge in [-0.3, -0.25) is 4.79 Å². The monoisotopic (exact) mass is 369 g/mol. The Kier molecular flexibility index (Phi) is 4.19. The van der Waals surface area contributed by atoms with Gasteiger partial charge in [-0.2, -0.15) is 4.31 Å². The molecule has 3 fully saturated rings. The maximum Gasteiger partial charge on any atom is 0.253 e. The molecule has 4 unspecified atom stereocenters. The highest BCUT2D eigenvalue weighted by molar-refractivity contribution is 7.91. The minimum Gasteiger partial charge on any atom is -0.341 e. The van der Waals surface area contributed by atoms with Gasteiger partial charge in [0.1, 0.15) is 10.3 Å². The molecule has 1 aromatic heterocycles. The molecule has 1 saturated carbocycles. The van der Waals surface area contributed by atoms with Crippen LogP contribution in [0.15, 0.2) is 21.7 Å². The van der Waals surface area contributed by atoms with Crippen LogP contribution < -0.4 is 5.73 Å². The molecule has 24 heavy (non-hydrogen) atoms. The molecule has 2 saturated heterocycles. The molecule has 1 amide bonds. The number of hydrogen-bond acceptors (Lipinski definition) is 5. The van der Waals surface area contributed by atoms with Crippen molar-refractivity contribution in [2.24, 2.45) is 17.6 Å². The number of likely N-dealkylation sites (tertiary alicyclic amines) is 1. The molecule has 0 spiro atoms. The van der Waals surface area contributed by atoms with E-state index >= 15 is 0 Å². The normalized spacial score (nSPS) is 34.0. The zero-order valence-corrected chi connectivity index (χ0v) is 15.1. The summed E-state index contributed by atoms with van der Waals surface area (Å²) in [6.07, 6.45) is 3.47. The summed E-state index contributed by atoms with van der Waals surface area (Å²) >= 11 is 1.21. The van der Waals surface area contributed by atoms with Gasteiger partial charge in [0.25, 0.3) is 10.0 Å². The van der Waals surface area contributed by atoms with E-state index in [9.17, 15) is 13.2 Å². The quantitative estimate of drug-likeness (QED) is 0.865. The van der Waals surface area contributed by atoms with Crippen LogP contribution in [0.5, 0.6) is 0 Å². The van der Waals surface area contributed by atoms with Crippen molar-refractivity contribution in [1.82, 2.24) is 9.21 Å². The summed E-state index contributed by atoms with van der Waals surface area (Å²) in [6.45, 7) is 1.85. The molecule has 4 rings (SSSR count). The molecule has 8 heteroatoms. The van der Waals surface area contributed by atoms with Gasteiger partial charge in [0.15, 0.2) is 0 Å². The highest BCUT2D eigenvalue weighted by Crippen LogP contribution is 2.38. The predicted octanol–water partition coefficient (Wildman–Crippen LogP) is 1.10. The zero-order chi connectivity index (χ0) is 16.9. The lowest BCUT2D eigenvalue weighted by molar-refractivity contribution is -0.133. The van der Waals surface area contributed by atoms with Crippen LogP contribution in [-0.4, -0.2) is 55.2 Å². The molecular formula is C16H23N3O3S2. The molecule has 2 N–H and O–H groups in total. The van der Waals surface area contributed by atoms with E-state index in [1.165, 1.54) is 15.6 Å². The third-order valence-corrected chi connectivity index (χ3v) is 9.05. The van der Waals surface area contributed by atoms with Crippen molar-refractivity contribution in [2.75, 3.05) is 19.6 Å². The largest absolute Gasteiger partial charge is 0.341 e. The minimum absolute atomic E-state index is 0.0331. The molecule has 0 radical (unpaired) electrons. The van der Waals surface area contributed by atoms with Crippen molar-refractivity contribution < 1.29 is 13.2 Å². The van der Waals surface area contributed by atoms with Gasteiger partial charge in [-0.05, 0) is 49.0 Å². The highest BCUT2D eigenvalue weighted by Gasteiger charge is 2.47. The Labute approximate surface area is 146 Å². The fourth-order valence-electron chi connectivity index (χ4n) is 4.50. The Bertz CT molecular complexity index is 719. The Morgan fingerprint density at radius 2 is 2.08 bits per heavy atom. The van der Waals surface area contributed by atoms with E-state index in [1.807, 2.05) is 4.90 Å². The van der Waals surface area contributed by atoms with Crippen molar-refractivity contribution in [2.45, 2.75) is 42.0 Å². The van der Waals surface area contributed by atoms with E-state index in [2.05, 4.69) is 0 Å². The number of hydrogen-bond donors (Lipinski definition) is 1. The SMILES string of the molecule is NC1CCC2CN(C(=O)C3CCCN3S(=O)(=O)c3cccs3)CC12. The van der Waals surface area contributed by atoms with Gasteiger partial charge in [0.2, 0.25) is 5.91 Å². The molecule has 0 bridgehead atoms. The van der Waals surface area contributed by atoms with E-state index in [-0.39, 0.29) is 11.9 Å². The number of fused-ring (bicyclic) bond motifs is 1. The molecule has 3 heterocycles. The average Bonchev–Trinajstić information content (AvgIpc) is 3.33. The van der Waals surface area contributed by atoms with Crippen LogP contribution in [0.4, 0.5) is 0 Å². The first-order valence-corrected chi connectivity index (χ1v) is 10.9. The van der Waals surface area contributed by atoms with Gasteiger partial charge in [-0.1, -0.05) is 6.07 Å². The smallest absolute Gasteiger partial charge is 0.253 e. The van der Waals surface area contributed by atoms with Crippen molar-refractivity contribution in [1.29, 1.82) is 0 Å². The maximum atomic E-state index is 13.0. The number of amides is 1. The topological polar surface area (TPSA) is 83.7 Å². The molecule has 1 aromatic rings. The number of sulfonamides is 1. The second kappa shape index (κ2) is 6.09. The lowest BCUT2D eigenvalue weighted by Gasteiger charge is -2.27. The van der Waals surface area contributed by atoms with E-state index in [1.54, 1.807) is 17.5 Å². The third kappa shape index (κ3) is 2.60. The molecule has 132 valence electrons. The summed E-state index contributed by atoms with van der Waals surface area (Å²) in [5, 5.41) is 1.75. The Hall–Kier alpha value is -0.960. The first-order chi connectivity index (χ1) is 11.5. The van der Waals surface area contributed by atoms with Gasteiger partial charge in [0, 0.05) is 25.7 Å². The summed E-state index contributed by atoms with van der Waals surface area (Å²) in [5.41, 5.74) is 6.15. The van der Waals surface area contributed by atoms with Crippen LogP contribution in [0.25, 0.3) is 0 Å². The van der Waals surface area contributed by atoms with E-state index in [0.29, 0.717) is 35.6 Å². The maximum absolute atomic E-state index is 13.0. The number of carbonyl (C=O) groups is 1. The van der Waals surface area contributed by atoms with E-state index in [4.69, 9.17) is 5.73 Å². The Balaban J connectivity index is 1.52. The lowest BCUT2D eigenvalue weighted by atomic mass is 9.98. The Morgan fingerprint density at radius 3 is 2.79 bits per heavy atom. The predicted molar refractivity (Wildman–Crippen MR) is 92.0 cm³/mol. The van der Waals surface area contributed by atoms with Crippen molar-refractivity contribution >= 4 is 27.3 Å². The van der Waals surface area contributed by atoms with Crippen molar-refractivity contribution in [3.63, 3.8) is 0 Å². The van der Waals surface area contributed by atoms with Crippen LogP contribution in [0.3, 0.4) is 0 Å². The minimum atomic E-state index is -3.57. The number of nitrogens with two attached hydrogens (primary N) is 1. The van der Waals surface area contributed by atoms with Crippen LogP contribution in [0.2, 0.25) is 0 Å². The first kappa shape index (κ1) is 16.5. The second-order valence-corrected chi connectivity index (χ2v) is 10.2. The van der Waals surface area contributed by atoms with E-state index < -0.39 is 16.1 Å². The van der Waals surface area contributed by atoms with Crippen LogP contribution in [0, 0.1) is 11.8 Å². The number of rotatable bonds is 3. The molecule has 4 atom stereocenters. The molecule has 1 aliphatic carbocycles. The molecule has 0 aromatic carbocycles. The van der Waals surface area contributed by atoms with Crippen LogP contribution in [0.1, 0.15) is 25.7 Å². The first-order valence-electron chi connectivity index (χ1n) is 8.58. The molecule has 3 aliphatic rings. The van der Waals surface area contributed by atoms with Gasteiger partial charge < -0.3 is 10.6 Å². The molecule has 6 nitrogen and oxygen atoms in total. The summed E-state index contributed by atoms with van der Waals surface area (Å²) in [7, 11) is -3.57. The van der Waals surface area contributed by atoms with Gasteiger partial charge in [-0.15, -0.1) is 11.3 Å². The van der Waals surface area contributed by atoms with Crippen LogP contribution in [-0.2, 0) is 14.8 Å². The van der Waals surface area contributed by atoms with Crippen LogP contribution >= 0.6 is 11.3 Å². The highest BCUT2D eigenvalue weighted by atomic mass is 32.2. The number of carbonyl (C=O) groups excluding carboxylic acids is 1. The van der Waals surface area contributed by atoms with Gasteiger partial charge in [0.05, 0.1) is 0 Å². The standard InChI is InChI=1S/C16H23N3O3S2/c17-13-6-5-11-9-18(10-12(11)13)16(20)14-3-1-7-19(14)24(21,22)15-4-2-8-23-15/h2,4,8,11-14H,1,3,5-7,9-10,17H2. The molecule has 2 aliphatic heterocycles. The summed E-state index contributed by atoms with van der Waals surface area (Å²) in [5.74, 6) is 0.847. The lowest BCUT2D eigenvalue weighted by Crippen LogP contribution is -2.47. The van der Waals surface area contributed by atoms with Crippen molar-refractivity contribution in [3.05, 3.63) is 17.5 Å². The van der Waals surface area contributed by atoms with Gasteiger partial charge in [-0.25, -0.2) is 8.42 Å². The van der Waals surface area contributed by atoms with E-state index in [0.717, 1.165) is 25.8 Å². The zero-order valence-electron chi connectivity index (χ0n) is 13.5. The second-order valence-electron chi connectivity index (χ2n) is 7.11. The number of nitrogens with zero attached hydrogens (tertiary/aromatic N) is 2. The summed E-state index contributed by atoms with van der Waals surface area (Å²) in [6, 6.07) is 2.97. The van der Waals surface area contributed by atoms with Crippen molar-refractivity contribution in [3.8, 4) is 0 Å². The average molecular weight is 370 g/mol. The number of thiophene rings is 1. The summed E-state index contributed by atoms with van der Waals surface area (Å²) < 4.78 is 27.4. The van der Waals surface area contributed by atoms with Gasteiger partial charge >= 0.3 is 0 Å². The Morgan fingerprint density at radius 1 is 1.25 bits per heavy atom. The molecular weight excluding hydrogens is 346 g/mol.